The number of carbonyl (C=O) groups excluding carboxylic acids is 2. The van der Waals surface area contributed by atoms with Gasteiger partial charge in [-0.15, -0.1) is 9.35 Å². The Bertz CT molecular complexity index is 1060. The zero-order chi connectivity index (χ0) is 18.1. The van der Waals surface area contributed by atoms with Crippen molar-refractivity contribution in [3.8, 4) is 0 Å². The van der Waals surface area contributed by atoms with Crippen LogP contribution in [0, 0.1) is 11.8 Å². The van der Waals surface area contributed by atoms with Gasteiger partial charge in [0.25, 0.3) is 11.8 Å². The Balaban J connectivity index is 1.51. The number of carbonyl (C=O) groups is 2. The van der Waals surface area contributed by atoms with Gasteiger partial charge in [-0.25, -0.2) is 0 Å². The molecule has 2 saturated heterocycles. The molecule has 5 rings (SSSR count). The quantitative estimate of drug-likeness (QED) is 0.598. The Morgan fingerprint density at radius 2 is 1.50 bits per heavy atom. The molecule has 2 amide bonds. The van der Waals surface area contributed by atoms with Gasteiger partial charge in [-0.1, -0.05) is 48.6 Å². The van der Waals surface area contributed by atoms with Gasteiger partial charge in [0, 0.05) is 5.39 Å². The fraction of sp³-hybridized carbons (Fsp3) is 0.222. The topological polar surface area (TPSA) is 90.0 Å². The van der Waals surface area contributed by atoms with Crippen LogP contribution in [0.2, 0.25) is 0 Å². The second kappa shape index (κ2) is 5.23. The maximum absolute atomic E-state index is 12.8. The molecule has 0 saturated carbocycles. The van der Waals surface area contributed by atoms with E-state index in [4.69, 9.17) is 9.02 Å². The van der Waals surface area contributed by atoms with Gasteiger partial charge in [0.2, 0.25) is 0 Å². The Morgan fingerprint density at radius 3 is 2.19 bits per heavy atom. The van der Waals surface area contributed by atoms with E-state index in [1.54, 1.807) is 48.6 Å². The van der Waals surface area contributed by atoms with Gasteiger partial charge in [-0.3, -0.25) is 9.59 Å². The third-order valence-electron chi connectivity index (χ3n) is 5.06. The average Bonchev–Trinajstić information content (AvgIpc) is 3.31. The van der Waals surface area contributed by atoms with E-state index in [-0.39, 0.29) is 4.90 Å². The molecular weight excluding hydrogens is 358 g/mol. The first kappa shape index (κ1) is 15.7. The maximum Gasteiger partial charge on any atom is 0.318 e. The number of hydrogen-bond donors (Lipinski definition) is 0. The van der Waals surface area contributed by atoms with Crippen LogP contribution in [0.25, 0.3) is 10.8 Å². The van der Waals surface area contributed by atoms with Crippen molar-refractivity contribution in [2.45, 2.75) is 17.1 Å². The van der Waals surface area contributed by atoms with Gasteiger partial charge in [0.05, 0.1) is 24.0 Å². The normalized spacial score (nSPS) is 29.8. The van der Waals surface area contributed by atoms with Crippen molar-refractivity contribution in [3.63, 3.8) is 0 Å². The highest BCUT2D eigenvalue weighted by Crippen LogP contribution is 2.45. The minimum atomic E-state index is -4.36. The summed E-state index contributed by atoms with van der Waals surface area (Å²) in [5.41, 5.74) is 0. The molecule has 0 spiro atoms. The summed E-state index contributed by atoms with van der Waals surface area (Å²) in [5.74, 6) is -2.80. The fourth-order valence-corrected chi connectivity index (χ4v) is 5.03. The van der Waals surface area contributed by atoms with Gasteiger partial charge in [-0.2, -0.15) is 8.42 Å². The number of fused-ring (bicyclic) bond motifs is 6. The van der Waals surface area contributed by atoms with Crippen molar-refractivity contribution in [1.29, 1.82) is 0 Å². The molecule has 2 aromatic rings. The second-order valence-electron chi connectivity index (χ2n) is 6.48. The van der Waals surface area contributed by atoms with Gasteiger partial charge in [-0.05, 0) is 11.5 Å². The molecule has 2 bridgehead atoms. The van der Waals surface area contributed by atoms with E-state index in [2.05, 4.69) is 0 Å². The first-order valence-corrected chi connectivity index (χ1v) is 9.52. The van der Waals surface area contributed by atoms with E-state index in [1.165, 1.54) is 6.07 Å². The zero-order valence-electron chi connectivity index (χ0n) is 13.3. The monoisotopic (exact) mass is 371 g/mol. The fourth-order valence-electron chi connectivity index (χ4n) is 3.90. The summed E-state index contributed by atoms with van der Waals surface area (Å²) < 4.78 is 36.1. The molecule has 0 radical (unpaired) electrons. The first-order valence-electron chi connectivity index (χ1n) is 8.11. The Labute approximate surface area is 148 Å². The van der Waals surface area contributed by atoms with Crippen molar-refractivity contribution < 1.29 is 27.0 Å². The molecule has 2 aromatic carbocycles. The number of nitrogens with zero attached hydrogens (tertiary/aromatic N) is 1. The van der Waals surface area contributed by atoms with Crippen molar-refractivity contribution in [2.75, 3.05) is 0 Å². The van der Waals surface area contributed by atoms with Crippen LogP contribution in [0.15, 0.2) is 59.5 Å². The third kappa shape index (κ3) is 2.03. The lowest BCUT2D eigenvalue weighted by Crippen LogP contribution is -2.36. The van der Waals surface area contributed by atoms with Crippen LogP contribution in [0.3, 0.4) is 0 Å². The van der Waals surface area contributed by atoms with Crippen LogP contribution in [0.5, 0.6) is 0 Å². The minimum Gasteiger partial charge on any atom is -0.365 e. The van der Waals surface area contributed by atoms with E-state index in [1.807, 2.05) is 0 Å². The summed E-state index contributed by atoms with van der Waals surface area (Å²) in [6.07, 6.45) is 2.44. The molecular formula is C18H13NO6S. The van der Waals surface area contributed by atoms with Crippen LogP contribution in [0.1, 0.15) is 0 Å². The summed E-state index contributed by atoms with van der Waals surface area (Å²) in [6.45, 7) is 0. The van der Waals surface area contributed by atoms with Crippen molar-refractivity contribution in [3.05, 3.63) is 54.6 Å². The molecule has 132 valence electrons. The molecule has 3 heterocycles. The molecule has 7 nitrogen and oxygen atoms in total. The van der Waals surface area contributed by atoms with E-state index < -0.39 is 46.0 Å². The molecule has 4 unspecified atom stereocenters. The second-order valence-corrected chi connectivity index (χ2v) is 7.98. The van der Waals surface area contributed by atoms with E-state index in [9.17, 15) is 18.0 Å². The van der Waals surface area contributed by atoms with E-state index in [0.29, 0.717) is 15.8 Å². The number of hydroxylamine groups is 2. The Kier molecular flexibility index (Phi) is 3.15. The smallest absolute Gasteiger partial charge is 0.318 e. The predicted molar refractivity (Wildman–Crippen MR) is 88.9 cm³/mol. The van der Waals surface area contributed by atoms with Crippen LogP contribution >= 0.6 is 0 Å². The lowest BCUT2D eigenvalue weighted by atomic mass is 9.85. The summed E-state index contributed by atoms with van der Waals surface area (Å²) >= 11 is 0. The highest BCUT2D eigenvalue weighted by Gasteiger charge is 2.62. The van der Waals surface area contributed by atoms with Gasteiger partial charge >= 0.3 is 10.1 Å². The molecule has 4 atom stereocenters. The summed E-state index contributed by atoms with van der Waals surface area (Å²) in [5, 5.41) is 1.56. The number of hydrogen-bond acceptors (Lipinski definition) is 6. The Hall–Kier alpha value is -2.55. The molecule has 0 N–H and O–H groups in total. The molecule has 3 aliphatic rings. The zero-order valence-corrected chi connectivity index (χ0v) is 14.1. The van der Waals surface area contributed by atoms with E-state index in [0.717, 1.165) is 0 Å². The maximum atomic E-state index is 12.8. The SMILES string of the molecule is O=C1C2C3C=CC(O3)C2C(=O)N1OS(=O)(=O)c1cccc2ccccc12. The lowest BCUT2D eigenvalue weighted by Gasteiger charge is -2.17. The highest BCUT2D eigenvalue weighted by atomic mass is 32.2. The van der Waals surface area contributed by atoms with Gasteiger partial charge in [0.1, 0.15) is 4.90 Å². The largest absolute Gasteiger partial charge is 0.365 e. The molecule has 2 fully saturated rings. The van der Waals surface area contributed by atoms with Crippen LogP contribution < -0.4 is 0 Å². The number of benzene rings is 2. The Morgan fingerprint density at radius 1 is 0.885 bits per heavy atom. The van der Waals surface area contributed by atoms with Crippen molar-refractivity contribution in [2.24, 2.45) is 11.8 Å². The number of amides is 2. The van der Waals surface area contributed by atoms with Crippen molar-refractivity contribution >= 4 is 32.7 Å². The van der Waals surface area contributed by atoms with Gasteiger partial charge < -0.3 is 4.74 Å². The van der Waals surface area contributed by atoms with Crippen LogP contribution in [-0.2, 0) is 28.7 Å². The van der Waals surface area contributed by atoms with Crippen molar-refractivity contribution in [1.82, 2.24) is 5.06 Å². The number of imide groups is 1. The molecule has 0 aliphatic carbocycles. The first-order chi connectivity index (χ1) is 12.5. The lowest BCUT2D eigenvalue weighted by molar-refractivity contribution is -0.168. The summed E-state index contributed by atoms with van der Waals surface area (Å²) in [4.78, 5) is 25.0. The molecule has 8 heteroatoms. The molecule has 0 aromatic heterocycles. The number of ether oxygens (including phenoxy) is 1. The highest BCUT2D eigenvalue weighted by molar-refractivity contribution is 7.87. The average molecular weight is 371 g/mol. The van der Waals surface area contributed by atoms with Crippen LogP contribution in [-0.4, -0.2) is 37.5 Å². The molecule has 3 aliphatic heterocycles. The summed E-state index contributed by atoms with van der Waals surface area (Å²) in [7, 11) is -4.36. The van der Waals surface area contributed by atoms with Gasteiger partial charge in [0.15, 0.2) is 0 Å². The summed E-state index contributed by atoms with van der Waals surface area (Å²) in [6, 6.07) is 11.6. The number of rotatable bonds is 3. The minimum absolute atomic E-state index is 0.0920. The molecule has 26 heavy (non-hydrogen) atoms. The third-order valence-corrected chi connectivity index (χ3v) is 6.30. The van der Waals surface area contributed by atoms with E-state index >= 15 is 0 Å². The standard InChI is InChI=1S/C18H13NO6S/c20-17-15-12-8-9-13(24-12)16(15)18(21)19(17)25-26(22,23)14-7-3-5-10-4-1-2-6-11(10)14/h1-9,12-13,15-16H. The predicted octanol–water partition coefficient (Wildman–Crippen LogP) is 1.40. The van der Waals surface area contributed by atoms with Crippen LogP contribution in [0.4, 0.5) is 0 Å².